The van der Waals surface area contributed by atoms with E-state index in [0.717, 1.165) is 11.8 Å². The summed E-state index contributed by atoms with van der Waals surface area (Å²) in [6.07, 6.45) is 0.476. The van der Waals surface area contributed by atoms with Gasteiger partial charge < -0.3 is 21.1 Å². The van der Waals surface area contributed by atoms with Crippen molar-refractivity contribution in [3.05, 3.63) is 40.4 Å². The quantitative estimate of drug-likeness (QED) is 0.501. The van der Waals surface area contributed by atoms with Gasteiger partial charge in [0.05, 0.1) is 6.04 Å². The van der Waals surface area contributed by atoms with Gasteiger partial charge in [-0.25, -0.2) is 14.3 Å². The molecular formula is C19H18N8O5S. The number of primary amides is 1. The second-order valence-corrected chi connectivity index (χ2v) is 8.82. The number of piperidine rings is 1. The summed E-state index contributed by atoms with van der Waals surface area (Å²) >= 11 is 1.13. The third-order valence-corrected chi connectivity index (χ3v) is 7.26. The Morgan fingerprint density at radius 1 is 1.24 bits per heavy atom. The normalized spacial score (nSPS) is 23.3. The van der Waals surface area contributed by atoms with Crippen molar-refractivity contribution in [3.63, 3.8) is 0 Å². The van der Waals surface area contributed by atoms with Gasteiger partial charge in [-0.2, -0.15) is 0 Å². The van der Waals surface area contributed by atoms with Crippen molar-refractivity contribution in [1.82, 2.24) is 30.0 Å². The maximum absolute atomic E-state index is 13.0. The number of aryl methyl sites for hydroxylation is 1. The molecule has 33 heavy (non-hydrogen) atoms. The summed E-state index contributed by atoms with van der Waals surface area (Å²) < 4.78 is 1.43. The van der Waals surface area contributed by atoms with Gasteiger partial charge in [-0.05, 0) is 52.9 Å². The zero-order valence-corrected chi connectivity index (χ0v) is 18.0. The number of carboxylic acids is 1. The number of anilines is 1. The van der Waals surface area contributed by atoms with Gasteiger partial charge in [-0.1, -0.05) is 0 Å². The number of amides is 4. The average Bonchev–Trinajstić information content (AvgIpc) is 3.33. The number of benzene rings is 1. The Balaban J connectivity index is 1.37. The van der Waals surface area contributed by atoms with Crippen LogP contribution in [0.1, 0.15) is 16.8 Å². The number of nitrogens with one attached hydrogen (secondary N) is 1. The molecule has 0 radical (unpaired) electrons. The van der Waals surface area contributed by atoms with Crippen LogP contribution in [0.25, 0.3) is 0 Å². The number of β-lactam (4-membered cyclic amide) rings is 1. The number of hydrogen-bond acceptors (Lipinski definition) is 8. The molecule has 1 unspecified atom stereocenters. The molecular weight excluding hydrogens is 452 g/mol. The molecule has 0 spiro atoms. The molecule has 170 valence electrons. The molecule has 2 saturated heterocycles. The number of rotatable bonds is 5. The maximum atomic E-state index is 13.0. The third kappa shape index (κ3) is 3.21. The van der Waals surface area contributed by atoms with Crippen LogP contribution >= 0.6 is 11.8 Å². The summed E-state index contributed by atoms with van der Waals surface area (Å²) in [7, 11) is 1.64. The molecule has 0 aliphatic carbocycles. The van der Waals surface area contributed by atoms with E-state index in [-0.39, 0.29) is 18.2 Å². The Hall–Kier alpha value is -3.94. The maximum Gasteiger partial charge on any atom is 0.353 e. The number of nitrogens with zero attached hydrogens (tertiary/aromatic N) is 6. The monoisotopic (exact) mass is 470 g/mol. The number of carbonyl (C=O) groups excluding carboxylic acids is 3. The number of carbonyl (C=O) groups is 4. The van der Waals surface area contributed by atoms with Gasteiger partial charge in [-0.3, -0.25) is 14.5 Å². The Bertz CT molecular complexity index is 1230. The number of nitrogens with two attached hydrogens (primary N) is 1. The number of hydrogen-bond donors (Lipinski definition) is 3. The van der Waals surface area contributed by atoms with Gasteiger partial charge >= 0.3 is 12.0 Å². The van der Waals surface area contributed by atoms with Gasteiger partial charge in [0.25, 0.3) is 5.91 Å². The lowest BCUT2D eigenvalue weighted by Gasteiger charge is -2.53. The zero-order valence-electron chi connectivity index (χ0n) is 17.2. The fourth-order valence-electron chi connectivity index (χ4n) is 4.52. The van der Waals surface area contributed by atoms with E-state index < -0.39 is 35.9 Å². The number of urea groups is 1. The molecule has 3 aliphatic rings. The standard InChI is InChI=1S/C19H18N8O5S/c1-25-19(22-23-24-25)33-14-10-6-7-26(12-11(10)27(16(12)29)13(14)17(30)31)18(32)21-9-4-2-8(3-5-9)15(20)28/h2-5,10-12H,6-7H2,1H3,(H2,20,28)(H,21,32)(H,30,31)/t10?,11-,12+/m1/s1. The number of tetrazole rings is 1. The predicted octanol–water partition coefficient (Wildman–Crippen LogP) is -0.156. The summed E-state index contributed by atoms with van der Waals surface area (Å²) in [5.74, 6) is -2.46. The van der Waals surface area contributed by atoms with Crippen molar-refractivity contribution < 1.29 is 24.3 Å². The van der Waals surface area contributed by atoms with Crippen LogP contribution in [-0.2, 0) is 16.6 Å². The molecule has 2 fully saturated rings. The predicted molar refractivity (Wildman–Crippen MR) is 113 cm³/mol. The lowest BCUT2D eigenvalue weighted by molar-refractivity contribution is -0.160. The highest BCUT2D eigenvalue weighted by Crippen LogP contribution is 2.53. The third-order valence-electron chi connectivity index (χ3n) is 6.02. The van der Waals surface area contributed by atoms with Crippen LogP contribution in [0.15, 0.2) is 40.0 Å². The molecule has 2 aromatic rings. The van der Waals surface area contributed by atoms with E-state index in [1.165, 1.54) is 26.6 Å². The Kier molecular flexibility index (Phi) is 4.81. The van der Waals surface area contributed by atoms with Gasteiger partial charge in [0.1, 0.15) is 11.7 Å². The van der Waals surface area contributed by atoms with Gasteiger partial charge in [0.15, 0.2) is 0 Å². The van der Waals surface area contributed by atoms with E-state index in [0.29, 0.717) is 27.7 Å². The lowest BCUT2D eigenvalue weighted by Crippen LogP contribution is -2.74. The minimum Gasteiger partial charge on any atom is -0.477 e. The van der Waals surface area contributed by atoms with E-state index in [1.54, 1.807) is 19.2 Å². The van der Waals surface area contributed by atoms with Crippen LogP contribution in [0.5, 0.6) is 0 Å². The Morgan fingerprint density at radius 2 is 1.97 bits per heavy atom. The van der Waals surface area contributed by atoms with Gasteiger partial charge in [0, 0.05) is 35.7 Å². The molecule has 5 rings (SSSR count). The molecule has 13 nitrogen and oxygen atoms in total. The number of aromatic nitrogens is 4. The van der Waals surface area contributed by atoms with Gasteiger partial charge in [0.2, 0.25) is 11.1 Å². The number of likely N-dealkylation sites (tertiary alicyclic amines) is 1. The first-order chi connectivity index (χ1) is 15.8. The van der Waals surface area contributed by atoms with Crippen molar-refractivity contribution in [1.29, 1.82) is 0 Å². The highest BCUT2D eigenvalue weighted by molar-refractivity contribution is 8.03. The van der Waals surface area contributed by atoms with Crippen molar-refractivity contribution in [2.24, 2.45) is 18.7 Å². The summed E-state index contributed by atoms with van der Waals surface area (Å²) in [6, 6.07) is 4.37. The summed E-state index contributed by atoms with van der Waals surface area (Å²) in [4.78, 5) is 52.4. The molecule has 14 heteroatoms. The van der Waals surface area contributed by atoms with Gasteiger partial charge in [-0.15, -0.1) is 5.10 Å². The number of carboxylic acid groups (broad SMARTS) is 1. The molecule has 3 atom stereocenters. The van der Waals surface area contributed by atoms with Crippen LogP contribution in [0.4, 0.5) is 10.5 Å². The van der Waals surface area contributed by atoms with Crippen molar-refractivity contribution >= 4 is 41.3 Å². The molecule has 4 heterocycles. The minimum absolute atomic E-state index is 0.0800. The van der Waals surface area contributed by atoms with Crippen molar-refractivity contribution in [3.8, 4) is 0 Å². The average molecular weight is 470 g/mol. The molecule has 4 N–H and O–H groups in total. The zero-order chi connectivity index (χ0) is 23.4. The van der Waals surface area contributed by atoms with Crippen molar-refractivity contribution in [2.45, 2.75) is 23.7 Å². The van der Waals surface area contributed by atoms with Crippen LogP contribution in [-0.4, -0.2) is 77.6 Å². The molecule has 3 aliphatic heterocycles. The van der Waals surface area contributed by atoms with Crippen LogP contribution in [0.3, 0.4) is 0 Å². The molecule has 1 aromatic carbocycles. The minimum atomic E-state index is -1.21. The van der Waals surface area contributed by atoms with E-state index >= 15 is 0 Å². The fraction of sp³-hybridized carbons (Fsp3) is 0.316. The highest BCUT2D eigenvalue weighted by Gasteiger charge is 2.64. The first-order valence-electron chi connectivity index (χ1n) is 9.96. The molecule has 4 amide bonds. The second kappa shape index (κ2) is 7.58. The second-order valence-electron chi connectivity index (χ2n) is 7.81. The van der Waals surface area contributed by atoms with E-state index in [1.807, 2.05) is 0 Å². The number of aliphatic carboxylic acids is 1. The van der Waals surface area contributed by atoms with E-state index in [2.05, 4.69) is 20.8 Å². The summed E-state index contributed by atoms with van der Waals surface area (Å²) in [6.45, 7) is 0.268. The topological polar surface area (TPSA) is 177 Å². The van der Waals surface area contributed by atoms with Crippen LogP contribution < -0.4 is 11.1 Å². The van der Waals surface area contributed by atoms with E-state index in [9.17, 15) is 24.3 Å². The largest absolute Gasteiger partial charge is 0.477 e. The lowest BCUT2D eigenvalue weighted by atomic mass is 9.81. The van der Waals surface area contributed by atoms with Crippen molar-refractivity contribution in [2.75, 3.05) is 11.9 Å². The summed E-state index contributed by atoms with van der Waals surface area (Å²) in [5.41, 5.74) is 5.90. The smallest absolute Gasteiger partial charge is 0.353 e. The first kappa shape index (κ1) is 20.9. The molecule has 0 bridgehead atoms. The number of thioether (sulfide) groups is 1. The molecule has 0 saturated carbocycles. The molecule has 1 aromatic heterocycles. The Labute approximate surface area is 190 Å². The highest BCUT2D eigenvalue weighted by atomic mass is 32.2. The van der Waals surface area contributed by atoms with Crippen LogP contribution in [0.2, 0.25) is 0 Å². The Morgan fingerprint density at radius 3 is 2.58 bits per heavy atom. The first-order valence-corrected chi connectivity index (χ1v) is 10.8. The summed E-state index contributed by atoms with van der Waals surface area (Å²) in [5, 5.41) is 24.2. The van der Waals surface area contributed by atoms with Crippen LogP contribution in [0, 0.1) is 5.92 Å². The SMILES string of the molecule is Cn1nnnc1SC1=C(C(=O)O)N2C(=O)[C@@H]3[C@H]2C1CCN3C(=O)Nc1ccc(C(N)=O)cc1. The fourth-order valence-corrected chi connectivity index (χ4v) is 5.65. The van der Waals surface area contributed by atoms with E-state index in [4.69, 9.17) is 5.73 Å².